The first kappa shape index (κ1) is 18.9. The van der Waals surface area contributed by atoms with Gasteiger partial charge >= 0.3 is 0 Å². The van der Waals surface area contributed by atoms with Gasteiger partial charge in [0, 0.05) is 16.9 Å². The van der Waals surface area contributed by atoms with Crippen LogP contribution in [0.1, 0.15) is 42.2 Å². The van der Waals surface area contributed by atoms with E-state index in [-0.39, 0.29) is 5.91 Å². The number of hydrogen-bond donors (Lipinski definition) is 2. The number of rotatable bonds is 8. The topological polar surface area (TPSA) is 42.8 Å². The van der Waals surface area contributed by atoms with Crippen LogP contribution in [0.2, 0.25) is 0 Å². The van der Waals surface area contributed by atoms with Crippen molar-refractivity contribution in [1.29, 1.82) is 0 Å². The van der Waals surface area contributed by atoms with Gasteiger partial charge in [-0.25, -0.2) is 0 Å². The van der Waals surface area contributed by atoms with E-state index in [4.69, 9.17) is 4.74 Å². The molecule has 1 atom stereocenters. The summed E-state index contributed by atoms with van der Waals surface area (Å²) in [6.07, 6.45) is 5.26. The van der Waals surface area contributed by atoms with E-state index >= 15 is 0 Å². The van der Waals surface area contributed by atoms with Gasteiger partial charge in [0.15, 0.2) is 0 Å². The fourth-order valence-corrected chi connectivity index (χ4v) is 4.39. The van der Waals surface area contributed by atoms with Crippen molar-refractivity contribution < 1.29 is 14.4 Å². The lowest BCUT2D eigenvalue weighted by Crippen LogP contribution is -3.13. The molecule has 1 aliphatic heterocycles. The van der Waals surface area contributed by atoms with Gasteiger partial charge in [0.25, 0.3) is 0 Å². The number of aryl methyl sites for hydroxylation is 1. The zero-order valence-electron chi connectivity index (χ0n) is 15.5. The Morgan fingerprint density at radius 3 is 2.62 bits per heavy atom. The van der Waals surface area contributed by atoms with E-state index in [1.807, 2.05) is 18.2 Å². The predicted octanol–water partition coefficient (Wildman–Crippen LogP) is 2.62. The highest BCUT2D eigenvalue weighted by Gasteiger charge is 2.26. The highest BCUT2D eigenvalue weighted by atomic mass is 32.1. The molecule has 1 aromatic carbocycles. The molecular weight excluding hydrogens is 344 g/mol. The minimum atomic E-state index is 0.147. The number of methoxy groups -OCH3 is 1. The smallest absolute Gasteiger partial charge is 0.220 e. The summed E-state index contributed by atoms with van der Waals surface area (Å²) in [5, 5.41) is 5.25. The molecule has 0 radical (unpaired) electrons. The Kier molecular flexibility index (Phi) is 7.09. The second-order valence-electron chi connectivity index (χ2n) is 6.93. The second-order valence-corrected chi connectivity index (χ2v) is 7.96. The van der Waals surface area contributed by atoms with Gasteiger partial charge in [-0.3, -0.25) is 4.79 Å². The van der Waals surface area contributed by atoms with Crippen molar-refractivity contribution in [2.24, 2.45) is 0 Å². The summed E-state index contributed by atoms with van der Waals surface area (Å²) < 4.78 is 5.28. The predicted molar refractivity (Wildman–Crippen MR) is 106 cm³/mol. The summed E-state index contributed by atoms with van der Waals surface area (Å²) in [7, 11) is 1.69. The van der Waals surface area contributed by atoms with Crippen LogP contribution in [0.25, 0.3) is 0 Å². The van der Waals surface area contributed by atoms with Crippen molar-refractivity contribution in [2.75, 3.05) is 26.7 Å². The average molecular weight is 374 g/mol. The van der Waals surface area contributed by atoms with Gasteiger partial charge in [-0.05, 0) is 61.4 Å². The van der Waals surface area contributed by atoms with Crippen LogP contribution < -0.4 is 15.0 Å². The maximum atomic E-state index is 12.3. The molecule has 0 saturated carbocycles. The molecule has 4 nitrogen and oxygen atoms in total. The van der Waals surface area contributed by atoms with E-state index in [1.165, 1.54) is 42.8 Å². The van der Waals surface area contributed by atoms with Gasteiger partial charge in [-0.1, -0.05) is 6.07 Å². The lowest BCUT2D eigenvalue weighted by molar-refractivity contribution is -0.935. The molecule has 1 fully saturated rings. The van der Waals surface area contributed by atoms with Crippen molar-refractivity contribution in [3.63, 3.8) is 0 Å². The Morgan fingerprint density at radius 1 is 1.19 bits per heavy atom. The molecule has 2 heterocycles. The first-order chi connectivity index (χ1) is 12.8. The number of nitrogens with one attached hydrogen (secondary N) is 2. The number of carbonyl (C=O) groups is 1. The molecule has 2 aromatic rings. The highest BCUT2D eigenvalue weighted by Crippen LogP contribution is 2.17. The Bertz CT molecular complexity index is 664. The molecule has 3 rings (SSSR count). The van der Waals surface area contributed by atoms with Crippen LogP contribution >= 0.6 is 11.3 Å². The van der Waals surface area contributed by atoms with Gasteiger partial charge in [-0.15, -0.1) is 11.3 Å². The maximum Gasteiger partial charge on any atom is 0.220 e. The third kappa shape index (κ3) is 5.32. The summed E-state index contributed by atoms with van der Waals surface area (Å²) in [5.74, 6) is 1.02. The molecule has 1 amide bonds. The van der Waals surface area contributed by atoms with Crippen LogP contribution in [0.15, 0.2) is 41.8 Å². The quantitative estimate of drug-likeness (QED) is 0.747. The number of carbonyl (C=O) groups excluding carboxylic acids is 1. The Balaban J connectivity index is 1.59. The molecule has 2 N–H and O–H groups in total. The van der Waals surface area contributed by atoms with Crippen molar-refractivity contribution in [3.8, 4) is 5.75 Å². The second kappa shape index (κ2) is 9.74. The fraction of sp³-hybridized carbons (Fsp3) is 0.476. The zero-order valence-corrected chi connectivity index (χ0v) is 16.3. The number of hydrogen-bond acceptors (Lipinski definition) is 3. The summed E-state index contributed by atoms with van der Waals surface area (Å²) in [4.78, 5) is 15.2. The van der Waals surface area contributed by atoms with Crippen LogP contribution in [0.3, 0.4) is 0 Å². The summed E-state index contributed by atoms with van der Waals surface area (Å²) in [6, 6.07) is 12.8. The minimum Gasteiger partial charge on any atom is -0.497 e. The van der Waals surface area contributed by atoms with Crippen LogP contribution in [-0.2, 0) is 11.2 Å². The number of thiophene rings is 1. The Morgan fingerprint density at radius 2 is 1.96 bits per heavy atom. The van der Waals surface area contributed by atoms with Crippen molar-refractivity contribution in [2.45, 2.75) is 38.1 Å². The Hall–Kier alpha value is -1.85. The van der Waals surface area contributed by atoms with E-state index in [0.29, 0.717) is 19.0 Å². The summed E-state index contributed by atoms with van der Waals surface area (Å²) in [5.41, 5.74) is 1.28. The van der Waals surface area contributed by atoms with E-state index in [2.05, 4.69) is 28.9 Å². The number of amides is 1. The molecule has 1 aromatic heterocycles. The molecule has 0 spiro atoms. The van der Waals surface area contributed by atoms with Crippen LogP contribution in [0.4, 0.5) is 0 Å². The van der Waals surface area contributed by atoms with Crippen LogP contribution in [-0.4, -0.2) is 32.7 Å². The van der Waals surface area contributed by atoms with Gasteiger partial charge < -0.3 is 15.0 Å². The van der Waals surface area contributed by atoms with E-state index < -0.39 is 0 Å². The SMILES string of the molecule is COc1ccc([C@H](CNC(=O)CCc2cccs2)[NH+]2CCCCC2)cc1. The van der Waals surface area contributed by atoms with Crippen LogP contribution in [0, 0.1) is 0 Å². The van der Waals surface area contributed by atoms with Gasteiger partial charge in [0.1, 0.15) is 11.8 Å². The van der Waals surface area contributed by atoms with Gasteiger partial charge in [0.05, 0.1) is 26.7 Å². The lowest BCUT2D eigenvalue weighted by atomic mass is 10.0. The molecule has 1 aliphatic rings. The van der Waals surface area contributed by atoms with Crippen molar-refractivity contribution >= 4 is 17.2 Å². The largest absolute Gasteiger partial charge is 0.497 e. The Labute approximate surface area is 160 Å². The first-order valence-electron chi connectivity index (χ1n) is 9.54. The lowest BCUT2D eigenvalue weighted by Gasteiger charge is -2.32. The summed E-state index contributed by atoms with van der Waals surface area (Å²) in [6.45, 7) is 3.06. The molecular formula is C21H29N2O2S+. The van der Waals surface area contributed by atoms with Gasteiger partial charge in [0.2, 0.25) is 5.91 Å². The maximum absolute atomic E-state index is 12.3. The molecule has 0 bridgehead atoms. The number of piperidine rings is 1. The summed E-state index contributed by atoms with van der Waals surface area (Å²) >= 11 is 1.72. The van der Waals surface area contributed by atoms with E-state index in [0.717, 1.165) is 12.2 Å². The minimum absolute atomic E-state index is 0.147. The van der Waals surface area contributed by atoms with Crippen molar-refractivity contribution in [3.05, 3.63) is 52.2 Å². The normalized spacial score (nSPS) is 16.2. The zero-order chi connectivity index (χ0) is 18.2. The standard InChI is InChI=1S/C21H28N2O2S/c1-25-18-9-7-17(8-10-18)20(23-13-3-2-4-14-23)16-22-21(24)12-11-19-6-5-15-26-19/h5-10,15,20H,2-4,11-14,16H2,1H3,(H,22,24)/p+1/t20-/m0/s1. The first-order valence-corrected chi connectivity index (χ1v) is 10.4. The molecule has 26 heavy (non-hydrogen) atoms. The third-order valence-electron chi connectivity index (χ3n) is 5.19. The number of ether oxygens (including phenoxy) is 1. The molecule has 140 valence electrons. The molecule has 0 unspecified atom stereocenters. The number of likely N-dealkylation sites (tertiary alicyclic amines) is 1. The molecule has 1 saturated heterocycles. The fourth-order valence-electron chi connectivity index (χ4n) is 3.68. The highest BCUT2D eigenvalue weighted by molar-refractivity contribution is 7.09. The molecule has 5 heteroatoms. The van der Waals surface area contributed by atoms with Crippen LogP contribution in [0.5, 0.6) is 5.75 Å². The van der Waals surface area contributed by atoms with E-state index in [9.17, 15) is 4.79 Å². The van der Waals surface area contributed by atoms with Gasteiger partial charge in [-0.2, -0.15) is 0 Å². The number of quaternary nitrogens is 1. The molecule has 0 aliphatic carbocycles. The average Bonchev–Trinajstić information content (AvgIpc) is 3.21. The van der Waals surface area contributed by atoms with Crippen molar-refractivity contribution in [1.82, 2.24) is 5.32 Å². The van der Waals surface area contributed by atoms with E-state index in [1.54, 1.807) is 23.3 Å². The number of benzene rings is 1. The monoisotopic (exact) mass is 373 g/mol. The third-order valence-corrected chi connectivity index (χ3v) is 6.12.